The molecule has 0 aromatic heterocycles. The molecule has 0 heterocycles. The summed E-state index contributed by atoms with van der Waals surface area (Å²) < 4.78 is 10.3. The van der Waals surface area contributed by atoms with E-state index >= 15 is 0 Å². The average molecular weight is 308 g/mol. The SMILES string of the molecule is COc1ccc(CN(C)CCCNC(=O)OC(C)(C)C)cc1. The van der Waals surface area contributed by atoms with Crippen molar-refractivity contribution in [3.05, 3.63) is 29.8 Å². The van der Waals surface area contributed by atoms with Gasteiger partial charge in [-0.15, -0.1) is 0 Å². The van der Waals surface area contributed by atoms with E-state index in [2.05, 4.69) is 29.4 Å². The van der Waals surface area contributed by atoms with Gasteiger partial charge in [0.15, 0.2) is 0 Å². The molecule has 22 heavy (non-hydrogen) atoms. The smallest absolute Gasteiger partial charge is 0.407 e. The number of methoxy groups -OCH3 is 1. The van der Waals surface area contributed by atoms with Gasteiger partial charge in [-0.3, -0.25) is 0 Å². The van der Waals surface area contributed by atoms with Crippen LogP contribution in [0.15, 0.2) is 24.3 Å². The van der Waals surface area contributed by atoms with Crippen molar-refractivity contribution in [3.8, 4) is 5.75 Å². The van der Waals surface area contributed by atoms with Crippen molar-refractivity contribution in [2.45, 2.75) is 39.3 Å². The molecule has 5 heteroatoms. The highest BCUT2D eigenvalue weighted by molar-refractivity contribution is 5.67. The zero-order valence-electron chi connectivity index (χ0n) is 14.3. The summed E-state index contributed by atoms with van der Waals surface area (Å²) in [6.07, 6.45) is 0.525. The van der Waals surface area contributed by atoms with Crippen LogP contribution in [0.5, 0.6) is 5.75 Å². The van der Waals surface area contributed by atoms with E-state index in [1.54, 1.807) is 7.11 Å². The lowest BCUT2D eigenvalue weighted by Crippen LogP contribution is -2.34. The Morgan fingerprint density at radius 3 is 2.41 bits per heavy atom. The number of amides is 1. The molecule has 0 radical (unpaired) electrons. The van der Waals surface area contributed by atoms with E-state index in [-0.39, 0.29) is 6.09 Å². The van der Waals surface area contributed by atoms with E-state index in [1.807, 2.05) is 32.9 Å². The van der Waals surface area contributed by atoms with Crippen LogP contribution >= 0.6 is 0 Å². The molecule has 1 aromatic carbocycles. The number of rotatable bonds is 7. The van der Waals surface area contributed by atoms with Gasteiger partial charge in [-0.05, 0) is 58.5 Å². The molecule has 0 aliphatic heterocycles. The molecule has 0 fully saturated rings. The van der Waals surface area contributed by atoms with E-state index in [4.69, 9.17) is 9.47 Å². The highest BCUT2D eigenvalue weighted by Gasteiger charge is 2.15. The summed E-state index contributed by atoms with van der Waals surface area (Å²) in [6, 6.07) is 8.06. The van der Waals surface area contributed by atoms with Crippen LogP contribution in [0.1, 0.15) is 32.8 Å². The predicted molar refractivity (Wildman–Crippen MR) is 88.2 cm³/mol. The van der Waals surface area contributed by atoms with Crippen LogP contribution in [0.2, 0.25) is 0 Å². The third-order valence-electron chi connectivity index (χ3n) is 3.00. The molecule has 1 amide bonds. The molecule has 0 aliphatic rings. The topological polar surface area (TPSA) is 50.8 Å². The third-order valence-corrected chi connectivity index (χ3v) is 3.00. The fourth-order valence-electron chi connectivity index (χ4n) is 1.98. The Labute approximate surface area is 133 Å². The minimum atomic E-state index is -0.449. The second kappa shape index (κ2) is 8.63. The molecule has 0 unspecified atom stereocenters. The van der Waals surface area contributed by atoms with Crippen LogP contribution in [0, 0.1) is 0 Å². The second-order valence-electron chi connectivity index (χ2n) is 6.37. The minimum Gasteiger partial charge on any atom is -0.497 e. The number of hydrogen-bond donors (Lipinski definition) is 1. The van der Waals surface area contributed by atoms with Crippen LogP contribution in [-0.4, -0.2) is 43.8 Å². The van der Waals surface area contributed by atoms with Crippen molar-refractivity contribution >= 4 is 6.09 Å². The summed E-state index contributed by atoms with van der Waals surface area (Å²) in [7, 11) is 3.73. The standard InChI is InChI=1S/C17H28N2O3/c1-17(2,3)22-16(20)18-11-6-12-19(4)13-14-7-9-15(21-5)10-8-14/h7-10H,6,11-13H2,1-5H3,(H,18,20). The number of carbonyl (C=O) groups is 1. The molecule has 0 saturated heterocycles. The Morgan fingerprint density at radius 2 is 1.86 bits per heavy atom. The number of benzene rings is 1. The Kier molecular flexibility index (Phi) is 7.18. The van der Waals surface area contributed by atoms with Crippen LogP contribution in [-0.2, 0) is 11.3 Å². The first-order chi connectivity index (χ1) is 10.3. The van der Waals surface area contributed by atoms with E-state index < -0.39 is 5.60 Å². The highest BCUT2D eigenvalue weighted by atomic mass is 16.6. The molecule has 1 rings (SSSR count). The normalized spacial score (nSPS) is 11.4. The first kappa shape index (κ1) is 18.3. The number of alkyl carbamates (subject to hydrolysis) is 1. The summed E-state index contributed by atoms with van der Waals surface area (Å²) in [5.41, 5.74) is 0.790. The number of carbonyl (C=O) groups excluding carboxylic acids is 1. The predicted octanol–water partition coefficient (Wildman–Crippen LogP) is 3.04. The minimum absolute atomic E-state index is 0.356. The fourth-order valence-corrected chi connectivity index (χ4v) is 1.98. The lowest BCUT2D eigenvalue weighted by Gasteiger charge is -2.20. The van der Waals surface area contributed by atoms with Crippen molar-refractivity contribution in [3.63, 3.8) is 0 Å². The van der Waals surface area contributed by atoms with E-state index in [0.717, 1.165) is 25.3 Å². The fraction of sp³-hybridized carbons (Fsp3) is 0.588. The lowest BCUT2D eigenvalue weighted by atomic mass is 10.2. The van der Waals surface area contributed by atoms with Gasteiger partial charge in [0.25, 0.3) is 0 Å². The summed E-state index contributed by atoms with van der Waals surface area (Å²) in [6.45, 7) is 7.96. The summed E-state index contributed by atoms with van der Waals surface area (Å²) in [5, 5.41) is 2.77. The first-order valence-corrected chi connectivity index (χ1v) is 7.58. The zero-order chi connectivity index (χ0) is 16.6. The molecule has 5 nitrogen and oxygen atoms in total. The van der Waals surface area contributed by atoms with Crippen molar-refractivity contribution in [2.75, 3.05) is 27.2 Å². The zero-order valence-corrected chi connectivity index (χ0v) is 14.3. The summed E-state index contributed by atoms with van der Waals surface area (Å²) >= 11 is 0. The van der Waals surface area contributed by atoms with Gasteiger partial charge in [-0.25, -0.2) is 4.79 Å². The van der Waals surface area contributed by atoms with Crippen molar-refractivity contribution < 1.29 is 14.3 Å². The van der Waals surface area contributed by atoms with Crippen LogP contribution in [0.3, 0.4) is 0 Å². The van der Waals surface area contributed by atoms with Gasteiger partial charge >= 0.3 is 6.09 Å². The van der Waals surface area contributed by atoms with E-state index in [9.17, 15) is 4.79 Å². The third kappa shape index (κ3) is 7.88. The van der Waals surface area contributed by atoms with Gasteiger partial charge in [0.1, 0.15) is 11.4 Å². The number of nitrogens with zero attached hydrogens (tertiary/aromatic N) is 1. The summed E-state index contributed by atoms with van der Waals surface area (Å²) in [5.74, 6) is 0.868. The number of nitrogens with one attached hydrogen (secondary N) is 1. The molecular weight excluding hydrogens is 280 g/mol. The molecule has 0 aliphatic carbocycles. The molecule has 0 bridgehead atoms. The first-order valence-electron chi connectivity index (χ1n) is 7.58. The number of hydrogen-bond acceptors (Lipinski definition) is 4. The second-order valence-corrected chi connectivity index (χ2v) is 6.37. The molecule has 0 saturated carbocycles. The monoisotopic (exact) mass is 308 g/mol. The lowest BCUT2D eigenvalue weighted by molar-refractivity contribution is 0.0526. The molecule has 0 spiro atoms. The highest BCUT2D eigenvalue weighted by Crippen LogP contribution is 2.12. The van der Waals surface area contributed by atoms with Gasteiger partial charge in [-0.1, -0.05) is 12.1 Å². The van der Waals surface area contributed by atoms with Gasteiger partial charge in [0.05, 0.1) is 7.11 Å². The molecule has 1 N–H and O–H groups in total. The molecular formula is C17H28N2O3. The maximum atomic E-state index is 11.5. The van der Waals surface area contributed by atoms with Gasteiger partial charge < -0.3 is 19.7 Å². The summed E-state index contributed by atoms with van der Waals surface area (Å²) in [4.78, 5) is 13.7. The number of ether oxygens (including phenoxy) is 2. The van der Waals surface area contributed by atoms with Gasteiger partial charge in [-0.2, -0.15) is 0 Å². The van der Waals surface area contributed by atoms with Gasteiger partial charge in [0, 0.05) is 13.1 Å². The van der Waals surface area contributed by atoms with Crippen molar-refractivity contribution in [2.24, 2.45) is 0 Å². The maximum Gasteiger partial charge on any atom is 0.407 e. The van der Waals surface area contributed by atoms with E-state index in [0.29, 0.717) is 6.54 Å². The Bertz CT molecular complexity index is 452. The Morgan fingerprint density at radius 1 is 1.23 bits per heavy atom. The van der Waals surface area contributed by atoms with Crippen molar-refractivity contribution in [1.29, 1.82) is 0 Å². The van der Waals surface area contributed by atoms with Crippen LogP contribution < -0.4 is 10.1 Å². The van der Waals surface area contributed by atoms with Gasteiger partial charge in [0.2, 0.25) is 0 Å². The average Bonchev–Trinajstić information content (AvgIpc) is 2.42. The Hall–Kier alpha value is -1.75. The molecule has 124 valence electrons. The quantitative estimate of drug-likeness (QED) is 0.787. The largest absolute Gasteiger partial charge is 0.497 e. The molecule has 0 atom stereocenters. The maximum absolute atomic E-state index is 11.5. The Balaban J connectivity index is 2.20. The van der Waals surface area contributed by atoms with Crippen LogP contribution in [0.4, 0.5) is 4.79 Å². The molecule has 1 aromatic rings. The van der Waals surface area contributed by atoms with Crippen molar-refractivity contribution in [1.82, 2.24) is 10.2 Å². The van der Waals surface area contributed by atoms with E-state index in [1.165, 1.54) is 5.56 Å². The van der Waals surface area contributed by atoms with Crippen LogP contribution in [0.25, 0.3) is 0 Å².